The second-order valence-corrected chi connectivity index (χ2v) is 5.73. The standard InChI is InChI=1S/C15H13BrClFO/c1-19-15-6-5-11(17)9-13(15)14(16)8-10-3-2-4-12(18)7-10/h2-7,9,14H,8H2,1H3. The van der Waals surface area contributed by atoms with Gasteiger partial charge in [0.15, 0.2) is 0 Å². The van der Waals surface area contributed by atoms with Gasteiger partial charge < -0.3 is 4.74 Å². The minimum atomic E-state index is -0.227. The van der Waals surface area contributed by atoms with Gasteiger partial charge in [0.05, 0.1) is 7.11 Å². The van der Waals surface area contributed by atoms with Crippen LogP contribution in [0.4, 0.5) is 4.39 Å². The third-order valence-corrected chi connectivity index (χ3v) is 3.89. The molecule has 1 nitrogen and oxygen atoms in total. The molecule has 2 rings (SSSR count). The molecule has 100 valence electrons. The molecule has 0 radical (unpaired) electrons. The first kappa shape index (κ1) is 14.4. The van der Waals surface area contributed by atoms with Crippen molar-refractivity contribution in [3.63, 3.8) is 0 Å². The van der Waals surface area contributed by atoms with E-state index < -0.39 is 0 Å². The molecule has 0 fully saturated rings. The summed E-state index contributed by atoms with van der Waals surface area (Å²) in [6.07, 6.45) is 0.661. The van der Waals surface area contributed by atoms with Crippen LogP contribution in [-0.2, 0) is 6.42 Å². The fourth-order valence-electron chi connectivity index (χ4n) is 1.93. The van der Waals surface area contributed by atoms with Crippen molar-refractivity contribution >= 4 is 27.5 Å². The van der Waals surface area contributed by atoms with Gasteiger partial charge in [-0.25, -0.2) is 4.39 Å². The Morgan fingerprint density at radius 1 is 1.26 bits per heavy atom. The zero-order chi connectivity index (χ0) is 13.8. The number of hydrogen-bond donors (Lipinski definition) is 0. The Bertz CT molecular complexity index is 574. The van der Waals surface area contributed by atoms with Gasteiger partial charge in [0.2, 0.25) is 0 Å². The van der Waals surface area contributed by atoms with E-state index in [2.05, 4.69) is 15.9 Å². The maximum atomic E-state index is 13.2. The number of hydrogen-bond acceptors (Lipinski definition) is 1. The normalized spacial score (nSPS) is 12.2. The molecule has 0 spiro atoms. The van der Waals surface area contributed by atoms with Crippen molar-refractivity contribution < 1.29 is 9.13 Å². The van der Waals surface area contributed by atoms with Crippen LogP contribution in [0.3, 0.4) is 0 Å². The van der Waals surface area contributed by atoms with Gasteiger partial charge in [-0.3, -0.25) is 0 Å². The number of halogens is 3. The molecule has 0 bridgehead atoms. The average molecular weight is 344 g/mol. The van der Waals surface area contributed by atoms with E-state index in [1.165, 1.54) is 12.1 Å². The average Bonchev–Trinajstić information content (AvgIpc) is 2.38. The minimum absolute atomic E-state index is 0.0166. The van der Waals surface area contributed by atoms with Crippen molar-refractivity contribution in [2.24, 2.45) is 0 Å². The van der Waals surface area contributed by atoms with Crippen molar-refractivity contribution in [2.45, 2.75) is 11.2 Å². The van der Waals surface area contributed by atoms with E-state index in [0.717, 1.165) is 16.9 Å². The van der Waals surface area contributed by atoms with Gasteiger partial charge in [-0.2, -0.15) is 0 Å². The fraction of sp³-hybridized carbons (Fsp3) is 0.200. The monoisotopic (exact) mass is 342 g/mol. The van der Waals surface area contributed by atoms with E-state index in [-0.39, 0.29) is 10.6 Å². The van der Waals surface area contributed by atoms with Crippen LogP contribution >= 0.6 is 27.5 Å². The molecule has 0 amide bonds. The lowest BCUT2D eigenvalue weighted by Gasteiger charge is -2.15. The molecule has 0 saturated carbocycles. The predicted octanol–water partition coefficient (Wildman–Crippen LogP) is 5.17. The molecule has 0 aliphatic heterocycles. The quantitative estimate of drug-likeness (QED) is 0.696. The van der Waals surface area contributed by atoms with Crippen LogP contribution in [0.15, 0.2) is 42.5 Å². The number of alkyl halides is 1. The number of benzene rings is 2. The van der Waals surface area contributed by atoms with Crippen molar-refractivity contribution in [3.05, 3.63) is 64.4 Å². The molecule has 0 aliphatic rings. The molecular weight excluding hydrogens is 331 g/mol. The van der Waals surface area contributed by atoms with Crippen LogP contribution in [0, 0.1) is 5.82 Å². The molecule has 1 unspecified atom stereocenters. The zero-order valence-electron chi connectivity index (χ0n) is 10.4. The van der Waals surface area contributed by atoms with Crippen molar-refractivity contribution in [2.75, 3.05) is 7.11 Å². The highest BCUT2D eigenvalue weighted by molar-refractivity contribution is 9.09. The Morgan fingerprint density at radius 2 is 2.05 bits per heavy atom. The lowest BCUT2D eigenvalue weighted by Crippen LogP contribution is -1.99. The summed E-state index contributed by atoms with van der Waals surface area (Å²) in [5, 5.41) is 0.652. The Kier molecular flexibility index (Phi) is 4.83. The van der Waals surface area contributed by atoms with Gasteiger partial charge >= 0.3 is 0 Å². The summed E-state index contributed by atoms with van der Waals surface area (Å²) in [7, 11) is 1.62. The second-order valence-electron chi connectivity index (χ2n) is 4.19. The number of rotatable bonds is 4. The van der Waals surface area contributed by atoms with Crippen molar-refractivity contribution in [1.82, 2.24) is 0 Å². The minimum Gasteiger partial charge on any atom is -0.496 e. The fourth-order valence-corrected chi connectivity index (χ4v) is 2.84. The van der Waals surface area contributed by atoms with Crippen LogP contribution in [0.25, 0.3) is 0 Å². The van der Waals surface area contributed by atoms with Crippen LogP contribution in [0.5, 0.6) is 5.75 Å². The largest absolute Gasteiger partial charge is 0.496 e. The zero-order valence-corrected chi connectivity index (χ0v) is 12.7. The SMILES string of the molecule is COc1ccc(Cl)cc1C(Br)Cc1cccc(F)c1. The van der Waals surface area contributed by atoms with E-state index in [9.17, 15) is 4.39 Å². The van der Waals surface area contributed by atoms with E-state index in [4.69, 9.17) is 16.3 Å². The van der Waals surface area contributed by atoms with Gasteiger partial charge in [0.25, 0.3) is 0 Å². The molecule has 0 heterocycles. The second kappa shape index (κ2) is 6.40. The van der Waals surface area contributed by atoms with Gasteiger partial charge in [-0.1, -0.05) is 39.7 Å². The summed E-state index contributed by atoms with van der Waals surface area (Å²) in [5.74, 6) is 0.540. The van der Waals surface area contributed by atoms with Gasteiger partial charge in [0.1, 0.15) is 11.6 Å². The first-order chi connectivity index (χ1) is 9.10. The smallest absolute Gasteiger partial charge is 0.123 e. The first-order valence-electron chi connectivity index (χ1n) is 5.82. The summed E-state index contributed by atoms with van der Waals surface area (Å²) < 4.78 is 18.5. The molecule has 0 aromatic heterocycles. The Morgan fingerprint density at radius 3 is 2.74 bits per heavy atom. The van der Waals surface area contributed by atoms with Gasteiger partial charge in [0, 0.05) is 15.4 Å². The summed E-state index contributed by atoms with van der Waals surface area (Å²) in [4.78, 5) is 0.0166. The lowest BCUT2D eigenvalue weighted by molar-refractivity contribution is 0.409. The Hall–Kier alpha value is -1.06. The maximum absolute atomic E-state index is 13.2. The number of methoxy groups -OCH3 is 1. The molecule has 0 aliphatic carbocycles. The van der Waals surface area contributed by atoms with Crippen LogP contribution in [0.1, 0.15) is 16.0 Å². The molecular formula is C15H13BrClFO. The highest BCUT2D eigenvalue weighted by atomic mass is 79.9. The highest BCUT2D eigenvalue weighted by Gasteiger charge is 2.14. The molecule has 2 aromatic rings. The van der Waals surface area contributed by atoms with E-state index in [1.54, 1.807) is 19.2 Å². The Labute approximate surface area is 125 Å². The van der Waals surface area contributed by atoms with E-state index in [1.807, 2.05) is 18.2 Å². The molecule has 19 heavy (non-hydrogen) atoms. The van der Waals surface area contributed by atoms with E-state index >= 15 is 0 Å². The lowest BCUT2D eigenvalue weighted by atomic mass is 10.0. The third kappa shape index (κ3) is 3.71. The summed E-state index contributed by atoms with van der Waals surface area (Å²) in [6, 6.07) is 12.0. The molecule has 2 aromatic carbocycles. The molecule has 1 atom stereocenters. The molecule has 0 N–H and O–H groups in total. The predicted molar refractivity (Wildman–Crippen MR) is 79.8 cm³/mol. The van der Waals surface area contributed by atoms with Crippen LogP contribution < -0.4 is 4.74 Å². The topological polar surface area (TPSA) is 9.23 Å². The molecule has 0 saturated heterocycles. The van der Waals surface area contributed by atoms with Crippen LogP contribution in [-0.4, -0.2) is 7.11 Å². The Balaban J connectivity index is 2.24. The number of ether oxygens (including phenoxy) is 1. The highest BCUT2D eigenvalue weighted by Crippen LogP contribution is 2.35. The molecule has 4 heteroatoms. The summed E-state index contributed by atoms with van der Waals surface area (Å²) in [6.45, 7) is 0. The van der Waals surface area contributed by atoms with E-state index in [0.29, 0.717) is 11.4 Å². The van der Waals surface area contributed by atoms with Crippen LogP contribution in [0.2, 0.25) is 5.02 Å². The first-order valence-corrected chi connectivity index (χ1v) is 7.11. The van der Waals surface area contributed by atoms with Gasteiger partial charge in [-0.15, -0.1) is 0 Å². The van der Waals surface area contributed by atoms with Gasteiger partial charge in [-0.05, 0) is 42.3 Å². The van der Waals surface area contributed by atoms with Crippen molar-refractivity contribution in [1.29, 1.82) is 0 Å². The summed E-state index contributed by atoms with van der Waals surface area (Å²) >= 11 is 9.62. The maximum Gasteiger partial charge on any atom is 0.123 e. The third-order valence-electron chi connectivity index (χ3n) is 2.83. The van der Waals surface area contributed by atoms with Crippen molar-refractivity contribution in [3.8, 4) is 5.75 Å². The summed E-state index contributed by atoms with van der Waals surface area (Å²) in [5.41, 5.74) is 1.88.